The molecule has 20 heavy (non-hydrogen) atoms. The quantitative estimate of drug-likeness (QED) is 0.557. The molecule has 0 fully saturated rings. The largest absolute Gasteiger partial charge is 0.494 e. The Morgan fingerprint density at radius 3 is 2.50 bits per heavy atom. The summed E-state index contributed by atoms with van der Waals surface area (Å²) in [4.78, 5) is 11.0. The molecule has 0 aliphatic carbocycles. The first-order valence-corrected chi connectivity index (χ1v) is 7.24. The molecule has 1 unspecified atom stereocenters. The summed E-state index contributed by atoms with van der Waals surface area (Å²) < 4.78 is 10.2. The third kappa shape index (κ3) is 5.61. The maximum atomic E-state index is 11.0. The van der Waals surface area contributed by atoms with Gasteiger partial charge < -0.3 is 14.8 Å². The van der Waals surface area contributed by atoms with Crippen molar-refractivity contribution in [1.82, 2.24) is 5.32 Å². The van der Waals surface area contributed by atoms with Crippen molar-refractivity contribution in [3.8, 4) is 5.75 Å². The summed E-state index contributed by atoms with van der Waals surface area (Å²) in [5.74, 6) is 0.644. The van der Waals surface area contributed by atoms with Gasteiger partial charge in [-0.3, -0.25) is 4.79 Å². The predicted octanol–water partition coefficient (Wildman–Crippen LogP) is 3.08. The first-order chi connectivity index (χ1) is 9.71. The summed E-state index contributed by atoms with van der Waals surface area (Å²) in [5.41, 5.74) is 1.27. The van der Waals surface area contributed by atoms with Crippen molar-refractivity contribution in [2.45, 2.75) is 39.2 Å². The van der Waals surface area contributed by atoms with Crippen LogP contribution >= 0.6 is 0 Å². The van der Waals surface area contributed by atoms with Crippen LogP contribution in [0.1, 0.15) is 44.7 Å². The van der Waals surface area contributed by atoms with E-state index in [4.69, 9.17) is 4.74 Å². The van der Waals surface area contributed by atoms with E-state index in [9.17, 15) is 4.79 Å². The monoisotopic (exact) mass is 279 g/mol. The molecule has 0 heterocycles. The molecule has 0 aliphatic rings. The molecule has 1 N–H and O–H groups in total. The zero-order chi connectivity index (χ0) is 14.8. The Balaban J connectivity index is 2.40. The average molecular weight is 279 g/mol. The van der Waals surface area contributed by atoms with Crippen LogP contribution in [-0.2, 0) is 9.53 Å². The molecule has 0 spiro atoms. The lowest BCUT2D eigenvalue weighted by molar-refractivity contribution is -0.140. The van der Waals surface area contributed by atoms with Crippen LogP contribution in [0.5, 0.6) is 5.75 Å². The second-order valence-corrected chi connectivity index (χ2v) is 4.62. The number of benzene rings is 1. The van der Waals surface area contributed by atoms with Crippen LogP contribution in [0.25, 0.3) is 0 Å². The van der Waals surface area contributed by atoms with Gasteiger partial charge in [-0.15, -0.1) is 0 Å². The van der Waals surface area contributed by atoms with E-state index >= 15 is 0 Å². The van der Waals surface area contributed by atoms with Crippen molar-refractivity contribution in [3.05, 3.63) is 29.8 Å². The molecule has 0 radical (unpaired) electrons. The number of carbonyl (C=O) groups is 1. The van der Waals surface area contributed by atoms with E-state index in [2.05, 4.69) is 36.0 Å². The van der Waals surface area contributed by atoms with Gasteiger partial charge in [0.1, 0.15) is 5.75 Å². The van der Waals surface area contributed by atoms with E-state index in [1.165, 1.54) is 12.7 Å². The molecule has 1 aromatic rings. The zero-order valence-electron chi connectivity index (χ0n) is 12.6. The number of methoxy groups -OCH3 is 1. The molecule has 0 amide bonds. The molecule has 1 atom stereocenters. The van der Waals surface area contributed by atoms with Crippen LogP contribution in [0.15, 0.2) is 24.3 Å². The Labute approximate surface area is 121 Å². The van der Waals surface area contributed by atoms with E-state index in [0.717, 1.165) is 18.7 Å². The minimum Gasteiger partial charge on any atom is -0.494 e. The van der Waals surface area contributed by atoms with Gasteiger partial charge in [0, 0.05) is 12.5 Å². The predicted molar refractivity (Wildman–Crippen MR) is 79.9 cm³/mol. The summed E-state index contributed by atoms with van der Waals surface area (Å²) in [6.07, 6.45) is 2.13. The minimum absolute atomic E-state index is 0.194. The fourth-order valence-electron chi connectivity index (χ4n) is 2.05. The smallest absolute Gasteiger partial charge is 0.305 e. The van der Waals surface area contributed by atoms with Crippen molar-refractivity contribution in [2.24, 2.45) is 0 Å². The fraction of sp³-hybridized carbons (Fsp3) is 0.562. The minimum atomic E-state index is -0.194. The molecular weight excluding hydrogens is 254 g/mol. The molecule has 112 valence electrons. The van der Waals surface area contributed by atoms with Gasteiger partial charge >= 0.3 is 5.97 Å². The first-order valence-electron chi connectivity index (χ1n) is 7.24. The number of ether oxygens (including phenoxy) is 2. The molecule has 0 saturated carbocycles. The highest BCUT2D eigenvalue weighted by molar-refractivity contribution is 5.69. The van der Waals surface area contributed by atoms with Gasteiger partial charge in [-0.05, 0) is 37.1 Å². The molecule has 0 aromatic heterocycles. The van der Waals surface area contributed by atoms with Crippen LogP contribution in [0.2, 0.25) is 0 Å². The molecule has 0 saturated heterocycles. The van der Waals surface area contributed by atoms with Crippen LogP contribution < -0.4 is 10.1 Å². The molecule has 4 nitrogen and oxygen atoms in total. The summed E-state index contributed by atoms with van der Waals surface area (Å²) >= 11 is 0. The third-order valence-electron chi connectivity index (χ3n) is 3.16. The lowest BCUT2D eigenvalue weighted by Crippen LogP contribution is -2.19. The molecule has 0 bridgehead atoms. The average Bonchev–Trinajstić information content (AvgIpc) is 2.49. The number of carbonyl (C=O) groups excluding carboxylic acids is 1. The highest BCUT2D eigenvalue weighted by Crippen LogP contribution is 2.20. The second kappa shape index (κ2) is 9.37. The van der Waals surface area contributed by atoms with Crippen LogP contribution in [-0.4, -0.2) is 26.2 Å². The molecule has 1 aromatic carbocycles. The molecule has 4 heteroatoms. The first kappa shape index (κ1) is 16.5. The van der Waals surface area contributed by atoms with E-state index in [-0.39, 0.29) is 5.97 Å². The van der Waals surface area contributed by atoms with E-state index in [1.807, 2.05) is 12.1 Å². The lowest BCUT2D eigenvalue weighted by atomic mass is 10.0. The normalized spacial score (nSPS) is 11.9. The van der Waals surface area contributed by atoms with Crippen molar-refractivity contribution in [2.75, 3.05) is 20.3 Å². The number of hydrogen-bond donors (Lipinski definition) is 1. The van der Waals surface area contributed by atoms with Crippen molar-refractivity contribution < 1.29 is 14.3 Å². The number of hydrogen-bond acceptors (Lipinski definition) is 4. The fourth-order valence-corrected chi connectivity index (χ4v) is 2.05. The summed E-state index contributed by atoms with van der Waals surface area (Å²) in [5, 5.41) is 3.45. The maximum Gasteiger partial charge on any atom is 0.305 e. The Morgan fingerprint density at radius 2 is 1.95 bits per heavy atom. The molecule has 0 aliphatic heterocycles. The third-order valence-corrected chi connectivity index (χ3v) is 3.16. The van der Waals surface area contributed by atoms with Gasteiger partial charge in [0.15, 0.2) is 0 Å². The van der Waals surface area contributed by atoms with Gasteiger partial charge in [-0.1, -0.05) is 26.0 Å². The summed E-state index contributed by atoms with van der Waals surface area (Å²) in [7, 11) is 1.40. The van der Waals surface area contributed by atoms with E-state index in [1.54, 1.807) is 0 Å². The van der Waals surface area contributed by atoms with E-state index < -0.39 is 0 Å². The summed E-state index contributed by atoms with van der Waals surface area (Å²) in [6, 6.07) is 8.54. The number of rotatable bonds is 9. The Hall–Kier alpha value is -1.55. The maximum absolute atomic E-state index is 11.0. The lowest BCUT2D eigenvalue weighted by Gasteiger charge is -2.16. The Bertz CT molecular complexity index is 389. The van der Waals surface area contributed by atoms with Crippen molar-refractivity contribution >= 4 is 5.97 Å². The Morgan fingerprint density at radius 1 is 1.25 bits per heavy atom. The van der Waals surface area contributed by atoms with E-state index in [0.29, 0.717) is 25.5 Å². The van der Waals surface area contributed by atoms with Crippen molar-refractivity contribution in [3.63, 3.8) is 0 Å². The zero-order valence-corrected chi connectivity index (χ0v) is 12.6. The summed E-state index contributed by atoms with van der Waals surface area (Å²) in [6.45, 7) is 5.77. The van der Waals surface area contributed by atoms with Gasteiger partial charge in [-0.25, -0.2) is 0 Å². The Kier molecular flexibility index (Phi) is 7.73. The topological polar surface area (TPSA) is 47.6 Å². The van der Waals surface area contributed by atoms with Crippen molar-refractivity contribution in [1.29, 1.82) is 0 Å². The highest BCUT2D eigenvalue weighted by Gasteiger charge is 2.07. The number of nitrogens with one attached hydrogen (secondary N) is 1. The van der Waals surface area contributed by atoms with Gasteiger partial charge in [0.05, 0.1) is 13.7 Å². The SMILES string of the molecule is CCNC(CC)c1ccc(OCCCC(=O)OC)cc1. The molecular formula is C16H25NO3. The molecule has 1 rings (SSSR count). The van der Waals surface area contributed by atoms with Crippen LogP contribution in [0.3, 0.4) is 0 Å². The van der Waals surface area contributed by atoms with Gasteiger partial charge in [0.2, 0.25) is 0 Å². The highest BCUT2D eigenvalue weighted by atomic mass is 16.5. The second-order valence-electron chi connectivity index (χ2n) is 4.62. The number of esters is 1. The standard InChI is InChI=1S/C16H25NO3/c1-4-15(17-5-2)13-8-10-14(11-9-13)20-12-6-7-16(18)19-3/h8-11,15,17H,4-7,12H2,1-3H3. The van der Waals surface area contributed by atoms with Gasteiger partial charge in [0.25, 0.3) is 0 Å². The van der Waals surface area contributed by atoms with Crippen LogP contribution in [0.4, 0.5) is 0 Å². The van der Waals surface area contributed by atoms with Gasteiger partial charge in [-0.2, -0.15) is 0 Å². The van der Waals surface area contributed by atoms with Crippen LogP contribution in [0, 0.1) is 0 Å².